The second kappa shape index (κ2) is 5.34. The third-order valence-electron chi connectivity index (χ3n) is 2.54. The zero-order valence-corrected chi connectivity index (χ0v) is 10.1. The number of aromatic nitrogens is 1. The van der Waals surface area contributed by atoms with E-state index in [0.29, 0.717) is 0 Å². The molecule has 1 aromatic carbocycles. The summed E-state index contributed by atoms with van der Waals surface area (Å²) in [6.07, 6.45) is 1.84. The Morgan fingerprint density at radius 3 is 2.82 bits per heavy atom. The predicted molar refractivity (Wildman–Crippen MR) is 69.3 cm³/mol. The highest BCUT2D eigenvalue weighted by atomic mass is 16.5. The van der Waals surface area contributed by atoms with Crippen LogP contribution in [0.5, 0.6) is 5.75 Å². The van der Waals surface area contributed by atoms with E-state index in [-0.39, 0.29) is 0 Å². The van der Waals surface area contributed by atoms with Gasteiger partial charge in [0.2, 0.25) is 0 Å². The molecule has 1 N–H and O–H groups in total. The van der Waals surface area contributed by atoms with Crippen molar-refractivity contribution >= 4 is 5.69 Å². The molecule has 0 aliphatic carbocycles. The van der Waals surface area contributed by atoms with E-state index in [2.05, 4.69) is 16.4 Å². The summed E-state index contributed by atoms with van der Waals surface area (Å²) in [6, 6.07) is 12.0. The van der Waals surface area contributed by atoms with E-state index in [1.807, 2.05) is 43.5 Å². The molecule has 1 heterocycles. The number of benzene rings is 1. The first-order chi connectivity index (χ1) is 8.28. The number of nitrogens with one attached hydrogen (secondary N) is 1. The number of anilines is 1. The molecule has 2 aromatic rings. The first kappa shape index (κ1) is 11.5. The van der Waals surface area contributed by atoms with Gasteiger partial charge < -0.3 is 10.1 Å². The van der Waals surface area contributed by atoms with Crippen molar-refractivity contribution in [3.8, 4) is 5.75 Å². The SMILES string of the molecule is COc1cccc(CNc2ccc(C)nc2)c1. The summed E-state index contributed by atoms with van der Waals surface area (Å²) in [6.45, 7) is 2.74. The molecule has 0 saturated heterocycles. The highest BCUT2D eigenvalue weighted by Crippen LogP contribution is 2.14. The lowest BCUT2D eigenvalue weighted by molar-refractivity contribution is 0.414. The monoisotopic (exact) mass is 228 g/mol. The molecule has 0 bridgehead atoms. The van der Waals surface area contributed by atoms with Gasteiger partial charge in [-0.3, -0.25) is 4.98 Å². The molecule has 0 amide bonds. The van der Waals surface area contributed by atoms with Crippen molar-refractivity contribution < 1.29 is 4.74 Å². The minimum Gasteiger partial charge on any atom is -0.497 e. The van der Waals surface area contributed by atoms with Gasteiger partial charge in [0.25, 0.3) is 0 Å². The molecule has 88 valence electrons. The maximum Gasteiger partial charge on any atom is 0.119 e. The van der Waals surface area contributed by atoms with Crippen molar-refractivity contribution in [1.29, 1.82) is 0 Å². The van der Waals surface area contributed by atoms with Gasteiger partial charge in [-0.1, -0.05) is 12.1 Å². The minimum atomic E-state index is 0.766. The number of nitrogens with zero attached hydrogens (tertiary/aromatic N) is 1. The highest BCUT2D eigenvalue weighted by Gasteiger charge is 1.96. The lowest BCUT2D eigenvalue weighted by Crippen LogP contribution is -2.00. The summed E-state index contributed by atoms with van der Waals surface area (Å²) >= 11 is 0. The van der Waals surface area contributed by atoms with Crippen LogP contribution in [0.3, 0.4) is 0 Å². The first-order valence-electron chi connectivity index (χ1n) is 5.57. The van der Waals surface area contributed by atoms with Crippen molar-refractivity contribution in [1.82, 2.24) is 4.98 Å². The molecule has 0 aliphatic heterocycles. The second-order valence-electron chi connectivity index (χ2n) is 3.89. The number of aryl methyl sites for hydroxylation is 1. The number of pyridine rings is 1. The van der Waals surface area contributed by atoms with Crippen LogP contribution in [0.2, 0.25) is 0 Å². The smallest absolute Gasteiger partial charge is 0.119 e. The Balaban J connectivity index is 1.99. The summed E-state index contributed by atoms with van der Waals surface area (Å²) in [7, 11) is 1.68. The van der Waals surface area contributed by atoms with E-state index in [1.165, 1.54) is 5.56 Å². The van der Waals surface area contributed by atoms with Gasteiger partial charge in [0.1, 0.15) is 5.75 Å². The van der Waals surface area contributed by atoms with Crippen LogP contribution in [0.15, 0.2) is 42.6 Å². The van der Waals surface area contributed by atoms with E-state index in [9.17, 15) is 0 Å². The molecule has 0 fully saturated rings. The summed E-state index contributed by atoms with van der Waals surface area (Å²) in [5, 5.41) is 3.32. The van der Waals surface area contributed by atoms with Crippen LogP contribution in [0.1, 0.15) is 11.3 Å². The third-order valence-corrected chi connectivity index (χ3v) is 2.54. The summed E-state index contributed by atoms with van der Waals surface area (Å²) in [5.74, 6) is 0.881. The number of rotatable bonds is 4. The van der Waals surface area contributed by atoms with E-state index in [4.69, 9.17) is 4.74 Å². The van der Waals surface area contributed by atoms with Crippen molar-refractivity contribution in [3.63, 3.8) is 0 Å². The molecule has 17 heavy (non-hydrogen) atoms. The molecule has 1 aromatic heterocycles. The highest BCUT2D eigenvalue weighted by molar-refractivity contribution is 5.42. The minimum absolute atomic E-state index is 0.766. The molecular formula is C14H16N2O. The van der Waals surface area contributed by atoms with Crippen LogP contribution < -0.4 is 10.1 Å². The van der Waals surface area contributed by atoms with Crippen molar-refractivity contribution in [3.05, 3.63) is 53.9 Å². The Morgan fingerprint density at radius 1 is 1.24 bits per heavy atom. The average Bonchev–Trinajstić information content (AvgIpc) is 2.38. The number of ether oxygens (including phenoxy) is 1. The number of hydrogen-bond donors (Lipinski definition) is 1. The fourth-order valence-corrected chi connectivity index (χ4v) is 1.56. The normalized spacial score (nSPS) is 10.0. The fraction of sp³-hybridized carbons (Fsp3) is 0.214. The Kier molecular flexibility index (Phi) is 3.60. The molecule has 0 aliphatic rings. The second-order valence-corrected chi connectivity index (χ2v) is 3.89. The quantitative estimate of drug-likeness (QED) is 0.873. The number of hydrogen-bond acceptors (Lipinski definition) is 3. The van der Waals surface area contributed by atoms with Gasteiger partial charge in [0, 0.05) is 12.2 Å². The first-order valence-corrected chi connectivity index (χ1v) is 5.57. The Labute approximate surface area is 101 Å². The molecule has 0 unspecified atom stereocenters. The van der Waals surface area contributed by atoms with Crippen molar-refractivity contribution in [2.45, 2.75) is 13.5 Å². The van der Waals surface area contributed by atoms with Crippen LogP contribution in [0.25, 0.3) is 0 Å². The molecule has 0 atom stereocenters. The molecule has 3 heteroatoms. The van der Waals surface area contributed by atoms with Crippen LogP contribution in [-0.4, -0.2) is 12.1 Å². The van der Waals surface area contributed by atoms with Gasteiger partial charge >= 0.3 is 0 Å². The van der Waals surface area contributed by atoms with E-state index in [0.717, 1.165) is 23.7 Å². The molecule has 0 spiro atoms. The lowest BCUT2D eigenvalue weighted by Gasteiger charge is -2.07. The maximum atomic E-state index is 5.18. The zero-order valence-electron chi connectivity index (χ0n) is 10.1. The van der Waals surface area contributed by atoms with Gasteiger partial charge in [-0.25, -0.2) is 0 Å². The van der Waals surface area contributed by atoms with E-state index in [1.54, 1.807) is 7.11 Å². The van der Waals surface area contributed by atoms with Gasteiger partial charge in [0.05, 0.1) is 19.0 Å². The Hall–Kier alpha value is -2.03. The van der Waals surface area contributed by atoms with Crippen molar-refractivity contribution in [2.24, 2.45) is 0 Å². The predicted octanol–water partition coefficient (Wildman–Crippen LogP) is 3.01. The summed E-state index contributed by atoms with van der Waals surface area (Å²) < 4.78 is 5.18. The summed E-state index contributed by atoms with van der Waals surface area (Å²) in [4.78, 5) is 4.24. The molecular weight excluding hydrogens is 212 g/mol. The van der Waals surface area contributed by atoms with Crippen LogP contribution in [0, 0.1) is 6.92 Å². The zero-order chi connectivity index (χ0) is 12.1. The molecule has 2 rings (SSSR count). The maximum absolute atomic E-state index is 5.18. The molecule has 0 radical (unpaired) electrons. The lowest BCUT2D eigenvalue weighted by atomic mass is 10.2. The van der Waals surface area contributed by atoms with Crippen LogP contribution in [-0.2, 0) is 6.54 Å². The average molecular weight is 228 g/mol. The van der Waals surface area contributed by atoms with Gasteiger partial charge in [-0.2, -0.15) is 0 Å². The van der Waals surface area contributed by atoms with E-state index >= 15 is 0 Å². The van der Waals surface area contributed by atoms with Gasteiger partial charge in [-0.05, 0) is 36.8 Å². The Bertz CT molecular complexity index is 480. The van der Waals surface area contributed by atoms with E-state index < -0.39 is 0 Å². The standard InChI is InChI=1S/C14H16N2O/c1-11-6-7-13(10-15-11)16-9-12-4-3-5-14(8-12)17-2/h3-8,10,16H,9H2,1-2H3. The van der Waals surface area contributed by atoms with Gasteiger partial charge in [-0.15, -0.1) is 0 Å². The van der Waals surface area contributed by atoms with Crippen LogP contribution >= 0.6 is 0 Å². The van der Waals surface area contributed by atoms with Crippen molar-refractivity contribution in [2.75, 3.05) is 12.4 Å². The third kappa shape index (κ3) is 3.21. The summed E-state index contributed by atoms with van der Waals surface area (Å²) in [5.41, 5.74) is 3.24. The Morgan fingerprint density at radius 2 is 2.12 bits per heavy atom. The number of methoxy groups -OCH3 is 1. The topological polar surface area (TPSA) is 34.1 Å². The molecule has 3 nitrogen and oxygen atoms in total. The van der Waals surface area contributed by atoms with Crippen LogP contribution in [0.4, 0.5) is 5.69 Å². The molecule has 0 saturated carbocycles. The largest absolute Gasteiger partial charge is 0.497 e. The van der Waals surface area contributed by atoms with Gasteiger partial charge in [0.15, 0.2) is 0 Å². The fourth-order valence-electron chi connectivity index (χ4n) is 1.56.